The van der Waals surface area contributed by atoms with Gasteiger partial charge in [0.25, 0.3) is 5.91 Å². The Labute approximate surface area is 199 Å². The summed E-state index contributed by atoms with van der Waals surface area (Å²) in [5.74, 6) is 1.99. The third-order valence-corrected chi connectivity index (χ3v) is 11.2. The Morgan fingerprint density at radius 2 is 1.61 bits per heavy atom. The average molecular weight is 487 g/mol. The summed E-state index contributed by atoms with van der Waals surface area (Å²) in [6.07, 6.45) is 10.4. The standard InChI is InChI=1S/C24H30N4O3S2/c29-21(19-6-2-3-7-20(19)33(30,31)28-8-4-1-5-9-28)25-23-27-26-22(32-23)24-13-16-10-17(14-24)12-18(11-16)15-24/h2-3,6-7,16-18H,1,4-5,8-15H2,(H,25,27,29). The van der Waals surface area contributed by atoms with E-state index in [0.29, 0.717) is 18.2 Å². The van der Waals surface area contributed by atoms with Crippen LogP contribution in [-0.4, -0.2) is 41.9 Å². The predicted octanol–water partition coefficient (Wildman–Crippen LogP) is 4.43. The Kier molecular flexibility index (Phi) is 5.34. The molecule has 0 radical (unpaired) electrons. The van der Waals surface area contributed by atoms with Crippen molar-refractivity contribution in [2.45, 2.75) is 68.1 Å². The molecule has 4 aliphatic carbocycles. The number of carbonyl (C=O) groups excluding carboxylic acids is 1. The minimum atomic E-state index is -3.72. The van der Waals surface area contributed by atoms with Gasteiger partial charge in [0.1, 0.15) is 5.01 Å². The number of sulfonamides is 1. The van der Waals surface area contributed by atoms with Crippen molar-refractivity contribution in [1.82, 2.24) is 14.5 Å². The summed E-state index contributed by atoms with van der Waals surface area (Å²) in [7, 11) is -3.72. The molecule has 4 saturated carbocycles. The number of carbonyl (C=O) groups is 1. The van der Waals surface area contributed by atoms with E-state index in [1.54, 1.807) is 18.2 Å². The van der Waals surface area contributed by atoms with E-state index in [9.17, 15) is 13.2 Å². The van der Waals surface area contributed by atoms with E-state index in [1.165, 1.54) is 60.2 Å². The molecule has 9 heteroatoms. The third kappa shape index (κ3) is 3.82. The molecule has 176 valence electrons. The second-order valence-corrected chi connectivity index (χ2v) is 13.4. The van der Waals surface area contributed by atoms with Gasteiger partial charge in [-0.2, -0.15) is 4.31 Å². The number of rotatable bonds is 5. The van der Waals surface area contributed by atoms with Crippen LogP contribution < -0.4 is 5.32 Å². The molecule has 33 heavy (non-hydrogen) atoms. The van der Waals surface area contributed by atoms with Crippen LogP contribution >= 0.6 is 11.3 Å². The van der Waals surface area contributed by atoms with Crippen molar-refractivity contribution in [3.63, 3.8) is 0 Å². The second-order valence-electron chi connectivity index (χ2n) is 10.5. The fraction of sp³-hybridized carbons (Fsp3) is 0.625. The lowest BCUT2D eigenvalue weighted by Crippen LogP contribution is -2.48. The van der Waals surface area contributed by atoms with Crippen LogP contribution in [0.3, 0.4) is 0 Å². The number of benzene rings is 1. The summed E-state index contributed by atoms with van der Waals surface area (Å²) in [4.78, 5) is 13.2. The molecule has 0 atom stereocenters. The second kappa shape index (κ2) is 8.13. The number of hydrogen-bond acceptors (Lipinski definition) is 6. The first kappa shape index (κ1) is 21.7. The minimum absolute atomic E-state index is 0.0650. The number of aromatic nitrogens is 2. The Bertz CT molecular complexity index is 1130. The Hall–Kier alpha value is -1.84. The van der Waals surface area contributed by atoms with Crippen LogP contribution in [-0.2, 0) is 15.4 Å². The van der Waals surface area contributed by atoms with Crippen LogP contribution in [0, 0.1) is 17.8 Å². The Morgan fingerprint density at radius 1 is 0.970 bits per heavy atom. The molecule has 1 amide bonds. The van der Waals surface area contributed by atoms with Crippen LogP contribution in [0.15, 0.2) is 29.2 Å². The van der Waals surface area contributed by atoms with Crippen LogP contribution in [0.4, 0.5) is 5.13 Å². The SMILES string of the molecule is O=C(Nc1nnc(C23CC4CC(CC(C4)C2)C3)s1)c1ccccc1S(=O)(=O)N1CCCCC1. The van der Waals surface area contributed by atoms with Crippen molar-refractivity contribution >= 4 is 32.4 Å². The van der Waals surface area contributed by atoms with Gasteiger partial charge in [-0.15, -0.1) is 10.2 Å². The summed E-state index contributed by atoms with van der Waals surface area (Å²) >= 11 is 1.47. The van der Waals surface area contributed by atoms with Gasteiger partial charge in [0.2, 0.25) is 15.2 Å². The largest absolute Gasteiger partial charge is 0.296 e. The van der Waals surface area contributed by atoms with Crippen LogP contribution in [0.5, 0.6) is 0 Å². The van der Waals surface area contributed by atoms with E-state index in [-0.39, 0.29) is 15.9 Å². The number of piperidine rings is 1. The normalized spacial score (nSPS) is 31.6. The summed E-state index contributed by atoms with van der Waals surface area (Å²) in [5.41, 5.74) is 0.292. The highest BCUT2D eigenvalue weighted by atomic mass is 32.2. The number of nitrogens with one attached hydrogen (secondary N) is 1. The molecule has 7 rings (SSSR count). The first-order chi connectivity index (χ1) is 15.9. The lowest BCUT2D eigenvalue weighted by molar-refractivity contribution is -0.00555. The smallest absolute Gasteiger partial charge is 0.258 e. The monoisotopic (exact) mass is 486 g/mol. The van der Waals surface area contributed by atoms with Crippen LogP contribution in [0.2, 0.25) is 0 Å². The highest BCUT2D eigenvalue weighted by molar-refractivity contribution is 7.89. The van der Waals surface area contributed by atoms with Crippen molar-refractivity contribution in [1.29, 1.82) is 0 Å². The molecule has 0 spiro atoms. The Morgan fingerprint density at radius 3 is 2.27 bits per heavy atom. The molecule has 0 unspecified atom stereocenters. The van der Waals surface area contributed by atoms with E-state index < -0.39 is 15.9 Å². The van der Waals surface area contributed by atoms with Crippen molar-refractivity contribution < 1.29 is 13.2 Å². The lowest BCUT2D eigenvalue weighted by atomic mass is 9.50. The van der Waals surface area contributed by atoms with Gasteiger partial charge in [-0.25, -0.2) is 8.42 Å². The predicted molar refractivity (Wildman–Crippen MR) is 127 cm³/mol. The molecule has 4 bridgehead atoms. The molecule has 1 aliphatic heterocycles. The van der Waals surface area contributed by atoms with Gasteiger partial charge in [-0.1, -0.05) is 29.9 Å². The fourth-order valence-corrected chi connectivity index (χ4v) is 9.81. The van der Waals surface area contributed by atoms with Gasteiger partial charge in [0, 0.05) is 18.5 Å². The summed E-state index contributed by atoms with van der Waals surface area (Å²) in [5, 5.41) is 13.2. The molecule has 2 heterocycles. The maximum absolute atomic E-state index is 13.2. The van der Waals surface area contributed by atoms with E-state index in [2.05, 4.69) is 15.5 Å². The van der Waals surface area contributed by atoms with Gasteiger partial charge >= 0.3 is 0 Å². The third-order valence-electron chi connectivity index (χ3n) is 8.20. The molecule has 1 aromatic carbocycles. The molecule has 2 aromatic rings. The van der Waals surface area contributed by atoms with Gasteiger partial charge in [0.05, 0.1) is 10.5 Å². The first-order valence-electron chi connectivity index (χ1n) is 12.2. The quantitative estimate of drug-likeness (QED) is 0.675. The molecule has 7 nitrogen and oxygen atoms in total. The van der Waals surface area contributed by atoms with Gasteiger partial charge < -0.3 is 0 Å². The lowest BCUT2D eigenvalue weighted by Gasteiger charge is -2.55. The van der Waals surface area contributed by atoms with E-state index >= 15 is 0 Å². The van der Waals surface area contributed by atoms with Crippen molar-refractivity contribution in [3.8, 4) is 0 Å². The summed E-state index contributed by atoms with van der Waals surface area (Å²) in [6, 6.07) is 6.47. The number of anilines is 1. The Balaban J connectivity index is 1.23. The van der Waals surface area contributed by atoms with Gasteiger partial charge in [-0.05, 0) is 81.3 Å². The van der Waals surface area contributed by atoms with E-state index in [4.69, 9.17) is 0 Å². The molecule has 5 aliphatic rings. The number of nitrogens with zero attached hydrogens (tertiary/aromatic N) is 3. The molecule has 1 aromatic heterocycles. The van der Waals surface area contributed by atoms with Gasteiger partial charge in [-0.3, -0.25) is 10.1 Å². The maximum atomic E-state index is 13.2. The fourth-order valence-electron chi connectivity index (χ4n) is 7.15. The molecular formula is C24H30N4O3S2. The molecule has 1 N–H and O–H groups in total. The summed E-state index contributed by atoms with van der Waals surface area (Å²) < 4.78 is 28.0. The maximum Gasteiger partial charge on any atom is 0.258 e. The van der Waals surface area contributed by atoms with Crippen molar-refractivity contribution in [2.75, 3.05) is 18.4 Å². The van der Waals surface area contributed by atoms with Crippen molar-refractivity contribution in [3.05, 3.63) is 34.8 Å². The number of hydrogen-bond donors (Lipinski definition) is 1. The molecule has 1 saturated heterocycles. The van der Waals surface area contributed by atoms with Crippen LogP contribution in [0.1, 0.15) is 73.2 Å². The zero-order valence-electron chi connectivity index (χ0n) is 18.7. The van der Waals surface area contributed by atoms with Gasteiger partial charge in [0.15, 0.2) is 0 Å². The highest BCUT2D eigenvalue weighted by Crippen LogP contribution is 2.61. The topological polar surface area (TPSA) is 92.3 Å². The highest BCUT2D eigenvalue weighted by Gasteiger charge is 2.53. The van der Waals surface area contributed by atoms with E-state index in [1.807, 2.05) is 0 Å². The van der Waals surface area contributed by atoms with Crippen molar-refractivity contribution in [2.24, 2.45) is 17.8 Å². The van der Waals surface area contributed by atoms with Crippen LogP contribution in [0.25, 0.3) is 0 Å². The average Bonchev–Trinajstić information content (AvgIpc) is 3.28. The molecule has 5 fully saturated rings. The minimum Gasteiger partial charge on any atom is -0.296 e. The summed E-state index contributed by atoms with van der Waals surface area (Å²) in [6.45, 7) is 1.01. The molecular weight excluding hydrogens is 456 g/mol. The van der Waals surface area contributed by atoms with E-state index in [0.717, 1.165) is 42.0 Å². The first-order valence-corrected chi connectivity index (χ1v) is 14.4. The zero-order chi connectivity index (χ0) is 22.6. The number of amides is 1. The zero-order valence-corrected chi connectivity index (χ0v) is 20.3.